The van der Waals surface area contributed by atoms with Crippen LogP contribution in [0.5, 0.6) is 0 Å². The summed E-state index contributed by atoms with van der Waals surface area (Å²) in [5.41, 5.74) is 0.501. The van der Waals surface area contributed by atoms with E-state index in [1.807, 2.05) is 0 Å². The van der Waals surface area contributed by atoms with E-state index in [1.54, 1.807) is 30.3 Å². The smallest absolute Gasteiger partial charge is 0.270 e. The van der Waals surface area contributed by atoms with E-state index in [0.29, 0.717) is 10.5 Å². The molecule has 0 aliphatic carbocycles. The molecular weight excluding hydrogens is 346 g/mol. The molecule has 25 heavy (non-hydrogen) atoms. The van der Waals surface area contributed by atoms with E-state index in [-0.39, 0.29) is 17.7 Å². The molecule has 134 valence electrons. The van der Waals surface area contributed by atoms with Gasteiger partial charge in [0.05, 0.1) is 9.71 Å². The number of nitrogens with one attached hydrogen (secondary N) is 2. The topological polar surface area (TPSA) is 58.2 Å². The number of hydrogen-bond acceptors (Lipinski definition) is 2. The first-order chi connectivity index (χ1) is 11.6. The van der Waals surface area contributed by atoms with Crippen molar-refractivity contribution in [3.63, 3.8) is 0 Å². The van der Waals surface area contributed by atoms with Gasteiger partial charge in [-0.15, -0.1) is 0 Å². The summed E-state index contributed by atoms with van der Waals surface area (Å²) in [7, 11) is -1.16. The van der Waals surface area contributed by atoms with Gasteiger partial charge in [0.15, 0.2) is 0 Å². The van der Waals surface area contributed by atoms with Crippen LogP contribution in [-0.2, 0) is 22.2 Å². The molecule has 0 saturated heterocycles. The summed E-state index contributed by atoms with van der Waals surface area (Å²) in [6.07, 6.45) is 0. The van der Waals surface area contributed by atoms with E-state index < -0.39 is 21.5 Å². The third kappa shape index (κ3) is 4.64. The molecule has 2 rings (SSSR count). The highest BCUT2D eigenvalue weighted by Crippen LogP contribution is 2.29. The van der Waals surface area contributed by atoms with E-state index in [4.69, 9.17) is 0 Å². The van der Waals surface area contributed by atoms with E-state index in [9.17, 15) is 17.8 Å². The van der Waals surface area contributed by atoms with Crippen molar-refractivity contribution in [2.45, 2.75) is 24.3 Å². The maximum atomic E-state index is 13.6. The highest BCUT2D eigenvalue weighted by atomic mass is 32.2. The van der Waals surface area contributed by atoms with E-state index in [1.165, 1.54) is 25.2 Å². The number of alkyl halides is 2. The molecule has 0 aliphatic rings. The number of halogens is 2. The molecule has 0 spiro atoms. The Labute approximate surface area is 146 Å². The molecule has 1 amide bonds. The Morgan fingerprint density at radius 2 is 1.88 bits per heavy atom. The molecule has 0 radical (unpaired) electrons. The van der Waals surface area contributed by atoms with Crippen molar-refractivity contribution in [1.82, 2.24) is 10.0 Å². The zero-order valence-corrected chi connectivity index (χ0v) is 14.8. The molecule has 7 heteroatoms. The summed E-state index contributed by atoms with van der Waals surface area (Å²) < 4.78 is 42.1. The van der Waals surface area contributed by atoms with Gasteiger partial charge in [0.25, 0.3) is 11.8 Å². The SMILES string of the molecule is C=S(=O)(NC)c1cccc(C(=O)NCc2ccccc2C(C)(F)F)c1. The molecule has 0 fully saturated rings. The monoisotopic (exact) mass is 366 g/mol. The molecule has 1 atom stereocenters. The van der Waals surface area contributed by atoms with Gasteiger partial charge < -0.3 is 5.32 Å². The number of carbonyl (C=O) groups excluding carboxylic acids is 1. The number of hydrogen-bond donors (Lipinski definition) is 2. The fourth-order valence-corrected chi connectivity index (χ4v) is 3.19. The minimum absolute atomic E-state index is 0.0333. The lowest BCUT2D eigenvalue weighted by atomic mass is 10.0. The van der Waals surface area contributed by atoms with Crippen LogP contribution in [0.2, 0.25) is 0 Å². The van der Waals surface area contributed by atoms with Gasteiger partial charge in [-0.25, -0.2) is 17.7 Å². The Balaban J connectivity index is 2.19. The third-order valence-corrected chi connectivity index (χ3v) is 5.41. The molecular formula is C18H20F2N2O2S. The van der Waals surface area contributed by atoms with Crippen LogP contribution in [0.3, 0.4) is 0 Å². The predicted molar refractivity (Wildman–Crippen MR) is 96.2 cm³/mol. The van der Waals surface area contributed by atoms with Crippen LogP contribution in [-0.4, -0.2) is 23.0 Å². The minimum atomic E-state index is -2.99. The second kappa shape index (κ2) is 7.33. The number of rotatable bonds is 6. The summed E-state index contributed by atoms with van der Waals surface area (Å²) in [4.78, 5) is 12.7. The summed E-state index contributed by atoms with van der Waals surface area (Å²) >= 11 is 0. The molecule has 0 heterocycles. The van der Waals surface area contributed by atoms with E-state index in [2.05, 4.69) is 15.9 Å². The Morgan fingerprint density at radius 1 is 1.20 bits per heavy atom. The van der Waals surface area contributed by atoms with Crippen molar-refractivity contribution in [2.75, 3.05) is 7.05 Å². The van der Waals surface area contributed by atoms with Crippen molar-refractivity contribution < 1.29 is 17.8 Å². The quantitative estimate of drug-likeness (QED) is 0.773. The average Bonchev–Trinajstić information content (AvgIpc) is 2.59. The Kier molecular flexibility index (Phi) is 5.59. The molecule has 2 aromatic carbocycles. The first-order valence-corrected chi connectivity index (χ1v) is 9.28. The fraction of sp³-hybridized carbons (Fsp3) is 0.222. The fourth-order valence-electron chi connectivity index (χ4n) is 2.34. The average molecular weight is 366 g/mol. The number of amides is 1. The summed E-state index contributed by atoms with van der Waals surface area (Å²) in [5.74, 6) is 0.158. The van der Waals surface area contributed by atoms with Crippen molar-refractivity contribution in [1.29, 1.82) is 0 Å². The largest absolute Gasteiger partial charge is 0.348 e. The maximum absolute atomic E-state index is 13.6. The summed E-state index contributed by atoms with van der Waals surface area (Å²) in [5, 5.41) is 2.62. The summed E-state index contributed by atoms with van der Waals surface area (Å²) in [6.45, 7) is 0.786. The minimum Gasteiger partial charge on any atom is -0.348 e. The van der Waals surface area contributed by atoms with E-state index >= 15 is 0 Å². The molecule has 0 aromatic heterocycles. The Bertz CT molecular complexity index is 875. The van der Waals surface area contributed by atoms with Gasteiger partial charge in [-0.05, 0) is 36.7 Å². The molecule has 0 bridgehead atoms. The van der Waals surface area contributed by atoms with Gasteiger partial charge in [-0.2, -0.15) is 0 Å². The van der Waals surface area contributed by atoms with Crippen molar-refractivity contribution in [3.8, 4) is 0 Å². The van der Waals surface area contributed by atoms with E-state index in [0.717, 1.165) is 6.92 Å². The number of carbonyl (C=O) groups is 1. The predicted octanol–water partition coefficient (Wildman–Crippen LogP) is 2.94. The second-order valence-corrected chi connectivity index (χ2v) is 7.87. The Morgan fingerprint density at radius 3 is 2.52 bits per heavy atom. The Hall–Kier alpha value is -2.25. The lowest BCUT2D eigenvalue weighted by molar-refractivity contribution is 0.0164. The lowest BCUT2D eigenvalue weighted by Gasteiger charge is -2.16. The number of benzene rings is 2. The van der Waals surface area contributed by atoms with Crippen LogP contribution < -0.4 is 10.0 Å². The first kappa shape index (κ1) is 19.1. The molecule has 1 unspecified atom stereocenters. The van der Waals surface area contributed by atoms with Gasteiger partial charge in [-0.3, -0.25) is 4.79 Å². The van der Waals surface area contributed by atoms with Crippen LogP contribution in [0, 0.1) is 0 Å². The van der Waals surface area contributed by atoms with Crippen LogP contribution in [0.15, 0.2) is 53.4 Å². The van der Waals surface area contributed by atoms with Gasteiger partial charge in [0.1, 0.15) is 0 Å². The third-order valence-electron chi connectivity index (χ3n) is 3.74. The highest BCUT2D eigenvalue weighted by molar-refractivity contribution is 7.98. The van der Waals surface area contributed by atoms with Crippen molar-refractivity contribution in [2.24, 2.45) is 0 Å². The zero-order valence-electron chi connectivity index (χ0n) is 14.0. The highest BCUT2D eigenvalue weighted by Gasteiger charge is 2.27. The molecule has 0 saturated carbocycles. The standard InChI is InChI=1S/C18H20F2N2O2S/c1-18(19,20)16-10-5-4-7-14(16)12-22-17(23)13-8-6-9-15(11-13)25(3,24)21-2/h4-11H,3,12H2,1-2H3,(H,21,24)(H,22,23). The van der Waals surface area contributed by atoms with Gasteiger partial charge in [0.2, 0.25) is 0 Å². The van der Waals surface area contributed by atoms with Crippen molar-refractivity contribution in [3.05, 3.63) is 65.2 Å². The molecule has 2 aromatic rings. The normalized spacial score (nSPS) is 13.9. The van der Waals surface area contributed by atoms with Gasteiger partial charge in [-0.1, -0.05) is 30.3 Å². The first-order valence-electron chi connectivity index (χ1n) is 7.55. The maximum Gasteiger partial charge on any atom is 0.270 e. The molecule has 0 aliphatic heterocycles. The lowest BCUT2D eigenvalue weighted by Crippen LogP contribution is -2.25. The molecule has 4 nitrogen and oxygen atoms in total. The van der Waals surface area contributed by atoms with Crippen molar-refractivity contribution >= 4 is 21.5 Å². The molecule has 2 N–H and O–H groups in total. The second-order valence-electron chi connectivity index (χ2n) is 5.64. The van der Waals surface area contributed by atoms with Crippen LogP contribution in [0.1, 0.15) is 28.4 Å². The van der Waals surface area contributed by atoms with Crippen LogP contribution >= 0.6 is 0 Å². The summed E-state index contributed by atoms with van der Waals surface area (Å²) in [6, 6.07) is 12.3. The zero-order chi connectivity index (χ0) is 18.7. The van der Waals surface area contributed by atoms with Crippen LogP contribution in [0.25, 0.3) is 0 Å². The van der Waals surface area contributed by atoms with Crippen LogP contribution in [0.4, 0.5) is 8.78 Å². The van der Waals surface area contributed by atoms with Gasteiger partial charge >= 0.3 is 0 Å². The van der Waals surface area contributed by atoms with Gasteiger partial charge in [0, 0.05) is 29.5 Å².